The topological polar surface area (TPSA) is 59.0 Å². The molecule has 0 radical (unpaired) electrons. The Morgan fingerprint density at radius 1 is 1.31 bits per heavy atom. The highest BCUT2D eigenvalue weighted by molar-refractivity contribution is 7.93. The lowest BCUT2D eigenvalue weighted by atomic mass is 9.92. The summed E-state index contributed by atoms with van der Waals surface area (Å²) in [5.74, 6) is -1.63. The van der Waals surface area contributed by atoms with Crippen LogP contribution >= 0.6 is 0 Å². The molecular weight excluding hydrogens is 362 g/mol. The number of ether oxygens (including phenoxy) is 1. The van der Waals surface area contributed by atoms with Gasteiger partial charge in [0.25, 0.3) is 0 Å². The zero-order chi connectivity index (χ0) is 18.9. The SMILES string of the molecule is CN=S1(=O)CCC2(CC1)CN(C(=O)C(C)c1ccc(F)c(F)c1)CCO2. The molecule has 0 aliphatic carbocycles. The predicted molar refractivity (Wildman–Crippen MR) is 95.5 cm³/mol. The van der Waals surface area contributed by atoms with Crippen molar-refractivity contribution in [3.63, 3.8) is 0 Å². The molecule has 1 aromatic carbocycles. The van der Waals surface area contributed by atoms with E-state index < -0.39 is 32.9 Å². The Morgan fingerprint density at radius 2 is 2.00 bits per heavy atom. The van der Waals surface area contributed by atoms with E-state index in [1.165, 1.54) is 6.07 Å². The van der Waals surface area contributed by atoms with Crippen LogP contribution in [-0.4, -0.2) is 58.9 Å². The van der Waals surface area contributed by atoms with Crippen molar-refractivity contribution in [3.05, 3.63) is 35.4 Å². The van der Waals surface area contributed by atoms with E-state index in [-0.39, 0.29) is 5.91 Å². The molecule has 8 heteroatoms. The molecule has 1 unspecified atom stereocenters. The monoisotopic (exact) mass is 386 g/mol. The largest absolute Gasteiger partial charge is 0.371 e. The Balaban J connectivity index is 1.72. The zero-order valence-electron chi connectivity index (χ0n) is 15.0. The van der Waals surface area contributed by atoms with E-state index in [1.807, 2.05) is 0 Å². The van der Waals surface area contributed by atoms with Gasteiger partial charge in [0.1, 0.15) is 0 Å². The van der Waals surface area contributed by atoms with Crippen LogP contribution in [0.4, 0.5) is 8.78 Å². The lowest BCUT2D eigenvalue weighted by Gasteiger charge is -2.45. The average molecular weight is 386 g/mol. The van der Waals surface area contributed by atoms with Crippen LogP contribution in [0.1, 0.15) is 31.2 Å². The van der Waals surface area contributed by atoms with Gasteiger partial charge in [0.05, 0.1) is 18.1 Å². The molecular formula is C18H24F2N2O3S. The summed E-state index contributed by atoms with van der Waals surface area (Å²) in [6, 6.07) is 3.56. The molecule has 3 rings (SSSR count). The summed E-state index contributed by atoms with van der Waals surface area (Å²) in [6.07, 6.45) is 1.21. The minimum atomic E-state index is -2.14. The summed E-state index contributed by atoms with van der Waals surface area (Å²) in [7, 11) is -0.560. The molecule has 0 bridgehead atoms. The molecule has 1 aromatic rings. The van der Waals surface area contributed by atoms with Gasteiger partial charge in [-0.3, -0.25) is 4.79 Å². The minimum Gasteiger partial charge on any atom is -0.371 e. The third-order valence-electron chi connectivity index (χ3n) is 5.46. The van der Waals surface area contributed by atoms with Crippen LogP contribution in [0, 0.1) is 11.6 Å². The fourth-order valence-corrected chi connectivity index (χ4v) is 5.59. The van der Waals surface area contributed by atoms with E-state index in [0.29, 0.717) is 49.6 Å². The molecule has 2 aliphatic rings. The third-order valence-corrected chi connectivity index (χ3v) is 7.81. The van der Waals surface area contributed by atoms with Crippen LogP contribution < -0.4 is 0 Å². The van der Waals surface area contributed by atoms with Gasteiger partial charge < -0.3 is 9.64 Å². The fraction of sp³-hybridized carbons (Fsp3) is 0.611. The maximum absolute atomic E-state index is 13.5. The number of nitrogens with zero attached hydrogens (tertiary/aromatic N) is 2. The van der Waals surface area contributed by atoms with Gasteiger partial charge in [0.15, 0.2) is 11.6 Å². The average Bonchev–Trinajstić information content (AvgIpc) is 2.66. The third kappa shape index (κ3) is 3.76. The van der Waals surface area contributed by atoms with Crippen LogP contribution in [0.3, 0.4) is 0 Å². The highest BCUT2D eigenvalue weighted by atomic mass is 32.2. The van der Waals surface area contributed by atoms with E-state index in [0.717, 1.165) is 12.1 Å². The number of rotatable bonds is 2. The predicted octanol–water partition coefficient (Wildman–Crippen LogP) is 2.56. The van der Waals surface area contributed by atoms with Gasteiger partial charge in [-0.05, 0) is 37.5 Å². The van der Waals surface area contributed by atoms with Gasteiger partial charge in [0, 0.05) is 41.4 Å². The fourth-order valence-electron chi connectivity index (χ4n) is 3.63. The van der Waals surface area contributed by atoms with E-state index in [4.69, 9.17) is 4.74 Å². The van der Waals surface area contributed by atoms with Crippen molar-refractivity contribution in [3.8, 4) is 0 Å². The summed E-state index contributed by atoms with van der Waals surface area (Å²) < 4.78 is 49.0. The summed E-state index contributed by atoms with van der Waals surface area (Å²) in [6.45, 7) is 3.00. The van der Waals surface area contributed by atoms with Crippen molar-refractivity contribution in [1.29, 1.82) is 0 Å². The Labute approximate surface area is 152 Å². The van der Waals surface area contributed by atoms with Gasteiger partial charge in [-0.1, -0.05) is 6.07 Å². The van der Waals surface area contributed by atoms with Crippen molar-refractivity contribution in [1.82, 2.24) is 4.90 Å². The van der Waals surface area contributed by atoms with E-state index in [9.17, 15) is 17.8 Å². The van der Waals surface area contributed by atoms with Crippen molar-refractivity contribution >= 4 is 15.6 Å². The molecule has 0 saturated carbocycles. The van der Waals surface area contributed by atoms with Gasteiger partial charge in [-0.2, -0.15) is 0 Å². The Kier molecular flexibility index (Phi) is 5.35. The molecule has 2 aliphatic heterocycles. The Hall–Kier alpha value is -1.54. The first kappa shape index (κ1) is 19.2. The van der Waals surface area contributed by atoms with Gasteiger partial charge in [-0.25, -0.2) is 17.4 Å². The first-order valence-corrected chi connectivity index (χ1v) is 10.6. The number of halogens is 2. The molecule has 1 atom stereocenters. The molecule has 144 valence electrons. The first-order chi connectivity index (χ1) is 12.3. The Bertz CT molecular complexity index is 807. The first-order valence-electron chi connectivity index (χ1n) is 8.76. The molecule has 26 heavy (non-hydrogen) atoms. The Morgan fingerprint density at radius 3 is 2.62 bits per heavy atom. The molecule has 0 aromatic heterocycles. The second-order valence-corrected chi connectivity index (χ2v) is 9.78. The quantitative estimate of drug-likeness (QED) is 0.785. The highest BCUT2D eigenvalue weighted by Crippen LogP contribution is 2.33. The van der Waals surface area contributed by atoms with Crippen molar-refractivity contribution in [2.24, 2.45) is 4.36 Å². The molecule has 0 N–H and O–H groups in total. The number of morpholine rings is 1. The van der Waals surface area contributed by atoms with Gasteiger partial charge in [0.2, 0.25) is 5.91 Å². The zero-order valence-corrected chi connectivity index (χ0v) is 15.9. The van der Waals surface area contributed by atoms with Crippen LogP contribution in [0.25, 0.3) is 0 Å². The minimum absolute atomic E-state index is 0.134. The highest BCUT2D eigenvalue weighted by Gasteiger charge is 2.42. The second kappa shape index (κ2) is 7.23. The normalized spacial score (nSPS) is 30.2. The van der Waals surface area contributed by atoms with Crippen molar-refractivity contribution in [2.45, 2.75) is 31.3 Å². The van der Waals surface area contributed by atoms with E-state index in [2.05, 4.69) is 4.36 Å². The number of amides is 1. The molecule has 1 spiro atoms. The molecule has 2 saturated heterocycles. The molecule has 5 nitrogen and oxygen atoms in total. The van der Waals surface area contributed by atoms with E-state index >= 15 is 0 Å². The lowest BCUT2D eigenvalue weighted by molar-refractivity contribution is -0.153. The standard InChI is InChI=1S/C18H24F2N2O3S/c1-13(14-3-4-15(19)16(20)11-14)17(23)22-7-8-25-18(12-22)5-9-26(24,21-2)10-6-18/h3-4,11,13H,5-10,12H2,1-2H3. The van der Waals surface area contributed by atoms with Gasteiger partial charge >= 0.3 is 0 Å². The van der Waals surface area contributed by atoms with Crippen LogP contribution in [0.15, 0.2) is 22.6 Å². The van der Waals surface area contributed by atoms with Crippen molar-refractivity contribution < 1.29 is 22.5 Å². The van der Waals surface area contributed by atoms with Gasteiger partial charge in [-0.15, -0.1) is 0 Å². The summed E-state index contributed by atoms with van der Waals surface area (Å²) in [5, 5.41) is 0. The second-order valence-electron chi connectivity index (χ2n) is 7.05. The number of benzene rings is 1. The number of carbonyl (C=O) groups excluding carboxylic acids is 1. The molecule has 1 amide bonds. The number of hydrogen-bond acceptors (Lipinski definition) is 4. The van der Waals surface area contributed by atoms with Crippen LogP contribution in [0.5, 0.6) is 0 Å². The summed E-state index contributed by atoms with van der Waals surface area (Å²) >= 11 is 0. The smallest absolute Gasteiger partial charge is 0.230 e. The summed E-state index contributed by atoms with van der Waals surface area (Å²) in [5.41, 5.74) is -0.0290. The summed E-state index contributed by atoms with van der Waals surface area (Å²) in [4.78, 5) is 14.6. The maximum atomic E-state index is 13.5. The molecule has 2 fully saturated rings. The van der Waals surface area contributed by atoms with Crippen LogP contribution in [0.2, 0.25) is 0 Å². The van der Waals surface area contributed by atoms with E-state index in [1.54, 1.807) is 18.9 Å². The number of carbonyl (C=O) groups is 1. The molecule has 2 heterocycles. The van der Waals surface area contributed by atoms with Crippen LogP contribution in [-0.2, 0) is 19.3 Å². The number of hydrogen-bond donors (Lipinski definition) is 0. The van der Waals surface area contributed by atoms with Crippen molar-refractivity contribution in [2.75, 3.05) is 38.2 Å². The lowest BCUT2D eigenvalue weighted by Crippen LogP contribution is -2.57. The maximum Gasteiger partial charge on any atom is 0.230 e.